The second-order valence-corrected chi connectivity index (χ2v) is 4.33. The van der Waals surface area contributed by atoms with Crippen LogP contribution in [-0.2, 0) is 9.47 Å². The molecule has 8 nitrogen and oxygen atoms in total. The lowest BCUT2D eigenvalue weighted by molar-refractivity contribution is 0.0599. The van der Waals surface area contributed by atoms with Gasteiger partial charge in [0.15, 0.2) is 0 Å². The van der Waals surface area contributed by atoms with Crippen molar-refractivity contribution < 1.29 is 23.9 Å². The zero-order valence-corrected chi connectivity index (χ0v) is 12.4. The molecule has 2 aromatic rings. The number of methoxy groups -OCH3 is 2. The predicted molar refractivity (Wildman–Crippen MR) is 79.1 cm³/mol. The molecule has 23 heavy (non-hydrogen) atoms. The van der Waals surface area contributed by atoms with E-state index in [1.165, 1.54) is 51.0 Å². The van der Waals surface area contributed by atoms with Gasteiger partial charge in [0, 0.05) is 18.1 Å². The number of hydrogen-bond donors (Lipinski definition) is 1. The van der Waals surface area contributed by atoms with Gasteiger partial charge in [0.2, 0.25) is 0 Å². The molecule has 0 fully saturated rings. The van der Waals surface area contributed by atoms with Crippen LogP contribution in [0.25, 0.3) is 0 Å². The maximum absolute atomic E-state index is 12.1. The van der Waals surface area contributed by atoms with Gasteiger partial charge < -0.3 is 14.8 Å². The number of hydrogen-bond acceptors (Lipinski definition) is 7. The van der Waals surface area contributed by atoms with E-state index < -0.39 is 17.8 Å². The largest absolute Gasteiger partial charge is 0.465 e. The van der Waals surface area contributed by atoms with Gasteiger partial charge in [0.1, 0.15) is 5.69 Å². The minimum Gasteiger partial charge on any atom is -0.465 e. The third-order valence-corrected chi connectivity index (χ3v) is 2.83. The highest BCUT2D eigenvalue weighted by Crippen LogP contribution is 2.17. The third kappa shape index (κ3) is 3.88. The zero-order chi connectivity index (χ0) is 16.8. The number of anilines is 1. The standard InChI is InChI=1S/C15H13N3O5/c1-22-14(20)9-5-10(15(21)23-2)7-11(6-9)18-13(19)12-8-16-3-4-17-12/h3-8H,1-2H3,(H,18,19). The molecule has 0 atom stereocenters. The van der Waals surface area contributed by atoms with Gasteiger partial charge in [-0.3, -0.25) is 9.78 Å². The summed E-state index contributed by atoms with van der Waals surface area (Å²) in [5, 5.41) is 2.54. The van der Waals surface area contributed by atoms with E-state index in [0.717, 1.165) is 0 Å². The van der Waals surface area contributed by atoms with Crippen LogP contribution in [0, 0.1) is 0 Å². The molecule has 0 saturated heterocycles. The van der Waals surface area contributed by atoms with Gasteiger partial charge in [-0.2, -0.15) is 0 Å². The molecule has 8 heteroatoms. The van der Waals surface area contributed by atoms with E-state index in [4.69, 9.17) is 0 Å². The smallest absolute Gasteiger partial charge is 0.337 e. The normalized spacial score (nSPS) is 9.83. The first kappa shape index (κ1) is 16.1. The Hall–Kier alpha value is -3.29. The van der Waals surface area contributed by atoms with Crippen molar-refractivity contribution in [1.29, 1.82) is 0 Å². The number of carbonyl (C=O) groups is 3. The first-order chi connectivity index (χ1) is 11.0. The van der Waals surface area contributed by atoms with Crippen molar-refractivity contribution in [3.05, 3.63) is 53.6 Å². The number of aromatic nitrogens is 2. The molecular formula is C15H13N3O5. The average molecular weight is 315 g/mol. The molecule has 1 aromatic heterocycles. The van der Waals surface area contributed by atoms with Crippen LogP contribution in [0.1, 0.15) is 31.2 Å². The zero-order valence-electron chi connectivity index (χ0n) is 12.4. The Kier molecular flexibility index (Phi) is 4.98. The van der Waals surface area contributed by atoms with Gasteiger partial charge in [-0.1, -0.05) is 0 Å². The maximum Gasteiger partial charge on any atom is 0.337 e. The molecule has 0 bridgehead atoms. The van der Waals surface area contributed by atoms with Crippen LogP contribution in [0.4, 0.5) is 5.69 Å². The number of benzene rings is 1. The fourth-order valence-electron chi connectivity index (χ4n) is 1.78. The van der Waals surface area contributed by atoms with Crippen molar-refractivity contribution in [2.24, 2.45) is 0 Å². The monoisotopic (exact) mass is 315 g/mol. The quantitative estimate of drug-likeness (QED) is 0.847. The van der Waals surface area contributed by atoms with E-state index >= 15 is 0 Å². The molecule has 0 radical (unpaired) electrons. The van der Waals surface area contributed by atoms with E-state index in [2.05, 4.69) is 24.8 Å². The Morgan fingerprint density at radius 3 is 2.04 bits per heavy atom. The van der Waals surface area contributed by atoms with Crippen molar-refractivity contribution in [1.82, 2.24) is 9.97 Å². The Morgan fingerprint density at radius 1 is 0.957 bits per heavy atom. The molecule has 2 rings (SSSR count). The van der Waals surface area contributed by atoms with Crippen molar-refractivity contribution in [2.75, 3.05) is 19.5 Å². The van der Waals surface area contributed by atoms with Gasteiger partial charge in [-0.15, -0.1) is 0 Å². The Morgan fingerprint density at radius 2 is 1.57 bits per heavy atom. The van der Waals surface area contributed by atoms with Crippen LogP contribution < -0.4 is 5.32 Å². The molecule has 1 N–H and O–H groups in total. The number of esters is 2. The lowest BCUT2D eigenvalue weighted by Crippen LogP contribution is -2.15. The second-order valence-electron chi connectivity index (χ2n) is 4.33. The van der Waals surface area contributed by atoms with Crippen LogP contribution in [0.15, 0.2) is 36.8 Å². The Labute approximate surface area is 131 Å². The first-order valence-electron chi connectivity index (χ1n) is 6.44. The van der Waals surface area contributed by atoms with E-state index in [9.17, 15) is 14.4 Å². The van der Waals surface area contributed by atoms with Crippen LogP contribution >= 0.6 is 0 Å². The van der Waals surface area contributed by atoms with Crippen LogP contribution in [0.3, 0.4) is 0 Å². The first-order valence-corrected chi connectivity index (χ1v) is 6.44. The summed E-state index contributed by atoms with van der Waals surface area (Å²) in [6, 6.07) is 4.08. The molecule has 0 aliphatic carbocycles. The molecule has 0 aliphatic rings. The second kappa shape index (κ2) is 7.12. The van der Waals surface area contributed by atoms with Crippen LogP contribution in [-0.4, -0.2) is 42.0 Å². The molecule has 1 amide bonds. The number of nitrogens with zero attached hydrogens (tertiary/aromatic N) is 2. The highest BCUT2D eigenvalue weighted by molar-refractivity contribution is 6.04. The highest BCUT2D eigenvalue weighted by atomic mass is 16.5. The Balaban J connectivity index is 2.35. The molecule has 0 aliphatic heterocycles. The minimum absolute atomic E-state index is 0.0931. The molecule has 0 saturated carbocycles. The third-order valence-electron chi connectivity index (χ3n) is 2.83. The fraction of sp³-hybridized carbons (Fsp3) is 0.133. The molecule has 0 spiro atoms. The Bertz CT molecular complexity index is 712. The highest BCUT2D eigenvalue weighted by Gasteiger charge is 2.15. The maximum atomic E-state index is 12.1. The van der Waals surface area contributed by atoms with Gasteiger partial charge in [0.25, 0.3) is 5.91 Å². The summed E-state index contributed by atoms with van der Waals surface area (Å²) in [7, 11) is 2.43. The van der Waals surface area contributed by atoms with Crippen molar-refractivity contribution in [3.8, 4) is 0 Å². The van der Waals surface area contributed by atoms with Gasteiger partial charge in [-0.05, 0) is 18.2 Å². The number of nitrogens with one attached hydrogen (secondary N) is 1. The van der Waals surface area contributed by atoms with Crippen molar-refractivity contribution >= 4 is 23.5 Å². The lowest BCUT2D eigenvalue weighted by Gasteiger charge is -2.09. The van der Waals surface area contributed by atoms with E-state index in [1.54, 1.807) is 0 Å². The molecule has 118 valence electrons. The van der Waals surface area contributed by atoms with Gasteiger partial charge in [0.05, 0.1) is 31.5 Å². The SMILES string of the molecule is COC(=O)c1cc(NC(=O)c2cnccn2)cc(C(=O)OC)c1. The number of ether oxygens (including phenoxy) is 2. The van der Waals surface area contributed by atoms with Gasteiger partial charge in [-0.25, -0.2) is 14.6 Å². The fourth-order valence-corrected chi connectivity index (χ4v) is 1.78. The molecule has 1 heterocycles. The predicted octanol–water partition coefficient (Wildman–Crippen LogP) is 1.30. The summed E-state index contributed by atoms with van der Waals surface area (Å²) in [6.45, 7) is 0. The number of amides is 1. The minimum atomic E-state index is -0.647. The molecule has 0 unspecified atom stereocenters. The van der Waals surface area contributed by atoms with Crippen molar-refractivity contribution in [2.45, 2.75) is 0 Å². The summed E-state index contributed by atoms with van der Waals surface area (Å²) in [6.07, 6.45) is 4.10. The van der Waals surface area contributed by atoms with E-state index in [1.807, 2.05) is 0 Å². The van der Waals surface area contributed by atoms with Crippen LogP contribution in [0.2, 0.25) is 0 Å². The van der Waals surface area contributed by atoms with E-state index in [-0.39, 0.29) is 22.5 Å². The lowest BCUT2D eigenvalue weighted by atomic mass is 10.1. The molecule has 1 aromatic carbocycles. The average Bonchev–Trinajstić information content (AvgIpc) is 2.60. The number of carbonyl (C=O) groups excluding carboxylic acids is 3. The van der Waals surface area contributed by atoms with Gasteiger partial charge >= 0.3 is 11.9 Å². The molecular weight excluding hydrogens is 302 g/mol. The summed E-state index contributed by atoms with van der Waals surface area (Å²) in [5.41, 5.74) is 0.522. The summed E-state index contributed by atoms with van der Waals surface area (Å²) < 4.78 is 9.25. The summed E-state index contributed by atoms with van der Waals surface area (Å²) >= 11 is 0. The number of rotatable bonds is 4. The topological polar surface area (TPSA) is 107 Å². The van der Waals surface area contributed by atoms with Crippen LogP contribution in [0.5, 0.6) is 0 Å². The summed E-state index contributed by atoms with van der Waals surface area (Å²) in [5.74, 6) is -1.83. The van der Waals surface area contributed by atoms with E-state index in [0.29, 0.717) is 0 Å². The summed E-state index contributed by atoms with van der Waals surface area (Å²) in [4.78, 5) is 43.1. The van der Waals surface area contributed by atoms with Crippen molar-refractivity contribution in [3.63, 3.8) is 0 Å².